The summed E-state index contributed by atoms with van der Waals surface area (Å²) in [4.78, 5) is 0. The van der Waals surface area contributed by atoms with Crippen molar-refractivity contribution in [2.24, 2.45) is 0 Å². The smallest absolute Gasteiger partial charge is 0.338 e. The Hall–Kier alpha value is -0.0151. The Kier molecular flexibility index (Phi) is 1.61. The van der Waals surface area contributed by atoms with Crippen LogP contribution in [0.4, 0.5) is 0 Å². The molecule has 0 aliphatic carbocycles. The first-order valence-corrected chi connectivity index (χ1v) is 3.98. The Morgan fingerprint density at radius 2 is 1.70 bits per heavy atom. The van der Waals surface area contributed by atoms with Crippen molar-refractivity contribution >= 4 is 7.55 Å². The quantitative estimate of drug-likeness (QED) is 0.411. The zero-order valence-electron chi connectivity index (χ0n) is 7.89. The topological polar surface area (TPSA) is 0 Å². The summed E-state index contributed by atoms with van der Waals surface area (Å²) in [5.74, 6) is 0. The van der Waals surface area contributed by atoms with E-state index in [2.05, 4.69) is 35.1 Å². The highest BCUT2D eigenvalue weighted by atomic mass is 15.5. The Labute approximate surface area is 64.9 Å². The monoisotopic (exact) mass is 142 g/mol. The largest absolute Gasteiger partial charge is 0.657 e. The van der Waals surface area contributed by atoms with Gasteiger partial charge in [0.15, 0.2) is 0 Å². The first kappa shape index (κ1) is 8.09. The summed E-state index contributed by atoms with van der Waals surface area (Å²) < 4.78 is 2.35. The maximum Gasteiger partial charge on any atom is 0.657 e. The highest BCUT2D eigenvalue weighted by Gasteiger charge is 2.48. The third-order valence-electron chi connectivity index (χ3n) is 2.70. The molecule has 0 aromatic rings. The molecule has 0 aromatic carbocycles. The molecule has 1 heterocycles. The van der Waals surface area contributed by atoms with Gasteiger partial charge >= 0.3 is 7.55 Å². The van der Waals surface area contributed by atoms with E-state index in [9.17, 15) is 0 Å². The Balaban J connectivity index is 2.71. The lowest BCUT2D eigenvalue weighted by Crippen LogP contribution is -2.49. The van der Waals surface area contributed by atoms with E-state index in [1.54, 1.807) is 0 Å². The number of hydrogen-bond donors (Lipinski definition) is 0. The van der Waals surface area contributed by atoms with Gasteiger partial charge in [-0.1, -0.05) is 0 Å². The molecule has 2 nitrogen and oxygen atoms in total. The number of likely N-dealkylation sites (N-methyl/N-ethyl adjacent to an activating group) is 2. The molecule has 0 aromatic heterocycles. The number of hydrogen-bond acceptors (Lipinski definition) is 0. The van der Waals surface area contributed by atoms with E-state index in [1.165, 1.54) is 22.9 Å². The Morgan fingerprint density at radius 1 is 1.20 bits per heavy atom. The zero-order valence-corrected chi connectivity index (χ0v) is 7.89. The van der Waals surface area contributed by atoms with Crippen molar-refractivity contribution in [3.8, 4) is 0 Å². The summed E-state index contributed by atoms with van der Waals surface area (Å²) in [7, 11) is 10.5. The van der Waals surface area contributed by atoms with Gasteiger partial charge in [0.05, 0.1) is 28.2 Å². The lowest BCUT2D eigenvalue weighted by molar-refractivity contribution is -0.829. The summed E-state index contributed by atoms with van der Waals surface area (Å²) in [6.45, 7) is 3.65. The molecule has 1 saturated heterocycles. The predicted molar refractivity (Wildman–Crippen MR) is 45.7 cm³/mol. The van der Waals surface area contributed by atoms with Gasteiger partial charge in [-0.05, 0) is 6.92 Å². The maximum atomic E-state index is 2.34. The number of quaternary nitrogens is 2. The lowest BCUT2D eigenvalue weighted by atomic mass is 10.0. The number of nitrogens with zero attached hydrogens (tertiary/aromatic N) is 2. The van der Waals surface area contributed by atoms with Gasteiger partial charge in [-0.3, -0.25) is 0 Å². The highest BCUT2D eigenvalue weighted by molar-refractivity contribution is 6.17. The summed E-state index contributed by atoms with van der Waals surface area (Å²) in [5, 5.41) is 0. The minimum absolute atomic E-state index is 0.815. The third kappa shape index (κ3) is 1.35. The van der Waals surface area contributed by atoms with Crippen LogP contribution in [0, 0.1) is 0 Å². The predicted octanol–water partition coefficient (Wildman–Crippen LogP) is -0.192. The van der Waals surface area contributed by atoms with Crippen LogP contribution in [0.3, 0.4) is 0 Å². The summed E-state index contributed by atoms with van der Waals surface area (Å²) in [6, 6.07) is 0.815. The second-order valence-corrected chi connectivity index (χ2v) is 4.89. The van der Waals surface area contributed by atoms with Crippen LogP contribution in [0.15, 0.2) is 0 Å². The molecule has 0 saturated carbocycles. The van der Waals surface area contributed by atoms with E-state index in [-0.39, 0.29) is 0 Å². The summed E-state index contributed by atoms with van der Waals surface area (Å²) in [6.07, 6.45) is 0. The van der Waals surface area contributed by atoms with E-state index in [4.69, 9.17) is 0 Å². The molecule has 1 rings (SSSR count). The van der Waals surface area contributed by atoms with Gasteiger partial charge in [-0.15, -0.1) is 0 Å². The molecule has 3 heteroatoms. The molecule has 0 amide bonds. The third-order valence-corrected chi connectivity index (χ3v) is 2.70. The average molecular weight is 142 g/mol. The van der Waals surface area contributed by atoms with Gasteiger partial charge in [0.1, 0.15) is 12.6 Å². The van der Waals surface area contributed by atoms with Gasteiger partial charge in [0, 0.05) is 0 Å². The van der Waals surface area contributed by atoms with Gasteiger partial charge < -0.3 is 8.79 Å². The zero-order chi connectivity index (χ0) is 7.99. The molecule has 1 fully saturated rings. The van der Waals surface area contributed by atoms with Crippen LogP contribution in [0.1, 0.15) is 6.92 Å². The van der Waals surface area contributed by atoms with Crippen molar-refractivity contribution in [2.45, 2.75) is 13.0 Å². The van der Waals surface area contributed by atoms with Crippen LogP contribution < -0.4 is 0 Å². The maximum absolute atomic E-state index is 2.34. The van der Waals surface area contributed by atoms with Crippen LogP contribution in [0.2, 0.25) is 0 Å². The fourth-order valence-corrected chi connectivity index (χ4v) is 2.12. The SMILES string of the molecule is CC1C[N+](C)(C)B[N+]1(C)C. The van der Waals surface area contributed by atoms with Crippen molar-refractivity contribution in [3.05, 3.63) is 0 Å². The van der Waals surface area contributed by atoms with E-state index >= 15 is 0 Å². The van der Waals surface area contributed by atoms with E-state index < -0.39 is 0 Å². The van der Waals surface area contributed by atoms with Gasteiger partial charge in [0.25, 0.3) is 0 Å². The summed E-state index contributed by atoms with van der Waals surface area (Å²) >= 11 is 0. The fourth-order valence-electron chi connectivity index (χ4n) is 2.12. The molecule has 0 radical (unpaired) electrons. The Bertz CT molecular complexity index is 143. The second kappa shape index (κ2) is 1.99. The van der Waals surface area contributed by atoms with Crippen LogP contribution in [-0.4, -0.2) is 57.1 Å². The molecule has 0 spiro atoms. The lowest BCUT2D eigenvalue weighted by Gasteiger charge is -2.24. The molecule has 1 aliphatic heterocycles. The van der Waals surface area contributed by atoms with Crippen molar-refractivity contribution in [1.82, 2.24) is 0 Å². The number of rotatable bonds is 0. The molecule has 0 bridgehead atoms. The van der Waals surface area contributed by atoms with Crippen molar-refractivity contribution in [2.75, 3.05) is 34.7 Å². The first-order chi connectivity index (χ1) is 4.33. The van der Waals surface area contributed by atoms with Crippen LogP contribution in [0.25, 0.3) is 0 Å². The molecular weight excluding hydrogens is 123 g/mol. The van der Waals surface area contributed by atoms with Gasteiger partial charge in [-0.2, -0.15) is 0 Å². The van der Waals surface area contributed by atoms with Crippen molar-refractivity contribution < 1.29 is 8.79 Å². The average Bonchev–Trinajstić information content (AvgIpc) is 1.73. The fraction of sp³-hybridized carbons (Fsp3) is 1.00. The molecule has 58 valence electrons. The van der Waals surface area contributed by atoms with Crippen LogP contribution in [0.5, 0.6) is 0 Å². The summed E-state index contributed by atoms with van der Waals surface area (Å²) in [5.41, 5.74) is 0. The normalized spacial score (nSPS) is 35.5. The first-order valence-electron chi connectivity index (χ1n) is 3.98. The van der Waals surface area contributed by atoms with E-state index in [0.717, 1.165) is 6.04 Å². The molecule has 0 N–H and O–H groups in total. The van der Waals surface area contributed by atoms with Gasteiger partial charge in [-0.25, -0.2) is 0 Å². The minimum Gasteiger partial charge on any atom is -0.338 e. The standard InChI is InChI=1S/C7H19BN2/c1-7-6-9(2,3)8-10(7,4)5/h7-8H,6H2,1-5H3/q+2. The molecule has 1 aliphatic rings. The molecule has 1 unspecified atom stereocenters. The van der Waals surface area contributed by atoms with Gasteiger partial charge in [0.2, 0.25) is 0 Å². The molecule has 10 heavy (non-hydrogen) atoms. The van der Waals surface area contributed by atoms with E-state index in [1.807, 2.05) is 0 Å². The van der Waals surface area contributed by atoms with Crippen molar-refractivity contribution in [1.29, 1.82) is 0 Å². The minimum atomic E-state index is 0.815. The highest BCUT2D eigenvalue weighted by Crippen LogP contribution is 2.18. The van der Waals surface area contributed by atoms with Crippen LogP contribution in [-0.2, 0) is 0 Å². The van der Waals surface area contributed by atoms with Crippen LogP contribution >= 0.6 is 0 Å². The molecule has 1 atom stereocenters. The Morgan fingerprint density at radius 3 is 1.80 bits per heavy atom. The molecular formula is C7H19BN2+2. The van der Waals surface area contributed by atoms with Crippen molar-refractivity contribution in [3.63, 3.8) is 0 Å². The van der Waals surface area contributed by atoms with E-state index in [0.29, 0.717) is 0 Å². The second-order valence-electron chi connectivity index (χ2n) is 4.89.